The highest BCUT2D eigenvalue weighted by Crippen LogP contribution is 2.34. The highest BCUT2D eigenvalue weighted by atomic mass is 32.2. The minimum Gasteiger partial charge on any atom is -0.465 e. The molecule has 1 saturated heterocycles. The SMILES string of the molecule is O=C(O)NCC(=O)N1CCC(n2cc(-c3cn(S(=O)(=O)c4ccccc4)c4cc(F)ccc34)cn2)CC1. The molecular formula is C25H24FN5O5S. The number of nitrogens with one attached hydrogen (secondary N) is 1. The van der Waals surface area contributed by atoms with Crippen LogP contribution < -0.4 is 5.32 Å². The summed E-state index contributed by atoms with van der Waals surface area (Å²) in [5.41, 5.74) is 1.52. The number of fused-ring (bicyclic) bond motifs is 1. The summed E-state index contributed by atoms with van der Waals surface area (Å²) in [6.45, 7) is 0.671. The Morgan fingerprint density at radius 2 is 1.81 bits per heavy atom. The maximum absolute atomic E-state index is 14.2. The van der Waals surface area contributed by atoms with Crippen LogP contribution in [0.5, 0.6) is 0 Å². The standard InChI is InChI=1S/C25H24FN5O5S/c26-18-6-7-21-22(16-31(23(21)12-18)37(35,36)20-4-2-1-3-5-20)17-13-28-30(15-17)19-8-10-29(11-9-19)24(32)14-27-25(33)34/h1-7,12-13,15-16,19,27H,8-11,14H2,(H,33,34). The van der Waals surface area contributed by atoms with Gasteiger partial charge in [-0.05, 0) is 43.2 Å². The summed E-state index contributed by atoms with van der Waals surface area (Å²) in [7, 11) is -3.96. The predicted molar refractivity (Wildman–Crippen MR) is 133 cm³/mol. The van der Waals surface area contributed by atoms with Crippen LogP contribution >= 0.6 is 0 Å². The van der Waals surface area contributed by atoms with E-state index < -0.39 is 21.9 Å². The van der Waals surface area contributed by atoms with E-state index >= 15 is 0 Å². The average molecular weight is 526 g/mol. The van der Waals surface area contributed by atoms with Crippen molar-refractivity contribution in [1.82, 2.24) is 24.0 Å². The van der Waals surface area contributed by atoms with Crippen LogP contribution in [0.15, 0.2) is 72.0 Å². The zero-order valence-electron chi connectivity index (χ0n) is 19.6. The number of piperidine rings is 1. The Labute approximate surface area is 212 Å². The first-order chi connectivity index (χ1) is 17.7. The highest BCUT2D eigenvalue weighted by molar-refractivity contribution is 7.90. The van der Waals surface area contributed by atoms with Crippen molar-refractivity contribution in [3.05, 3.63) is 72.9 Å². The Morgan fingerprint density at radius 1 is 1.08 bits per heavy atom. The Balaban J connectivity index is 1.41. The van der Waals surface area contributed by atoms with Crippen molar-refractivity contribution in [2.24, 2.45) is 0 Å². The van der Waals surface area contributed by atoms with Crippen LogP contribution in [-0.2, 0) is 14.8 Å². The second-order valence-corrected chi connectivity index (χ2v) is 10.6. The molecule has 2 aromatic carbocycles. The predicted octanol–water partition coefficient (Wildman–Crippen LogP) is 3.31. The minimum absolute atomic E-state index is 0.0177. The number of hydrogen-bond acceptors (Lipinski definition) is 5. The van der Waals surface area contributed by atoms with E-state index in [-0.39, 0.29) is 28.9 Å². The van der Waals surface area contributed by atoms with Crippen LogP contribution in [0.1, 0.15) is 18.9 Å². The second kappa shape index (κ2) is 9.69. The number of carbonyl (C=O) groups excluding carboxylic acids is 1. The molecule has 4 aromatic rings. The Hall–Kier alpha value is -4.19. The summed E-state index contributed by atoms with van der Waals surface area (Å²) in [5, 5.41) is 15.8. The first-order valence-electron chi connectivity index (χ1n) is 11.6. The quantitative estimate of drug-likeness (QED) is 0.398. The summed E-state index contributed by atoms with van der Waals surface area (Å²) in [6, 6.07) is 12.0. The van der Waals surface area contributed by atoms with E-state index in [9.17, 15) is 22.4 Å². The molecule has 0 atom stereocenters. The average Bonchev–Trinajstić information content (AvgIpc) is 3.53. The Bertz CT molecular complexity index is 1570. The third-order valence-electron chi connectivity index (χ3n) is 6.53. The van der Waals surface area contributed by atoms with Gasteiger partial charge in [-0.15, -0.1) is 0 Å². The van der Waals surface area contributed by atoms with Gasteiger partial charge in [0.15, 0.2) is 0 Å². The number of rotatable bonds is 6. The van der Waals surface area contributed by atoms with Gasteiger partial charge in [-0.1, -0.05) is 18.2 Å². The van der Waals surface area contributed by atoms with Gasteiger partial charge in [0.25, 0.3) is 10.0 Å². The van der Waals surface area contributed by atoms with Crippen molar-refractivity contribution in [2.75, 3.05) is 19.6 Å². The van der Waals surface area contributed by atoms with E-state index in [0.717, 1.165) is 3.97 Å². The van der Waals surface area contributed by atoms with Crippen LogP contribution in [0.4, 0.5) is 9.18 Å². The fourth-order valence-corrected chi connectivity index (χ4v) is 6.01. The van der Waals surface area contributed by atoms with Crippen molar-refractivity contribution < 1.29 is 27.5 Å². The van der Waals surface area contributed by atoms with Gasteiger partial charge >= 0.3 is 6.09 Å². The normalized spacial score (nSPS) is 14.7. The number of hydrogen-bond donors (Lipinski definition) is 2. The second-order valence-electron chi connectivity index (χ2n) is 8.80. The molecular weight excluding hydrogens is 501 g/mol. The molecule has 2 amide bonds. The van der Waals surface area contributed by atoms with Gasteiger partial charge in [0, 0.05) is 42.0 Å². The zero-order chi connectivity index (χ0) is 26.2. The summed E-state index contributed by atoms with van der Waals surface area (Å²) < 4.78 is 43.8. The Morgan fingerprint density at radius 3 is 2.51 bits per heavy atom. The number of nitrogens with zero attached hydrogens (tertiary/aromatic N) is 4. The van der Waals surface area contributed by atoms with Crippen LogP contribution in [0.3, 0.4) is 0 Å². The summed E-state index contributed by atoms with van der Waals surface area (Å²) in [5.74, 6) is -0.820. The monoisotopic (exact) mass is 525 g/mol. The first-order valence-corrected chi connectivity index (χ1v) is 13.1. The molecule has 1 fully saturated rings. The molecule has 2 aromatic heterocycles. The van der Waals surface area contributed by atoms with E-state index in [2.05, 4.69) is 10.4 Å². The lowest BCUT2D eigenvalue weighted by Crippen LogP contribution is -2.44. The van der Waals surface area contributed by atoms with Gasteiger partial charge in [0.05, 0.1) is 22.7 Å². The molecule has 37 heavy (non-hydrogen) atoms. The van der Waals surface area contributed by atoms with Crippen molar-refractivity contribution >= 4 is 32.9 Å². The number of aromatic nitrogens is 3. The van der Waals surface area contributed by atoms with Gasteiger partial charge in [-0.3, -0.25) is 9.48 Å². The third-order valence-corrected chi connectivity index (χ3v) is 8.22. The molecule has 1 aliphatic heterocycles. The van der Waals surface area contributed by atoms with E-state index in [4.69, 9.17) is 5.11 Å². The molecule has 3 heterocycles. The first kappa shape index (κ1) is 24.5. The molecule has 0 radical (unpaired) electrons. The number of benzene rings is 2. The van der Waals surface area contributed by atoms with E-state index in [1.807, 2.05) is 6.20 Å². The largest absolute Gasteiger partial charge is 0.465 e. The molecule has 0 bridgehead atoms. The van der Waals surface area contributed by atoms with Crippen LogP contribution in [0, 0.1) is 5.82 Å². The van der Waals surface area contributed by atoms with Crippen molar-refractivity contribution in [3.8, 4) is 11.1 Å². The van der Waals surface area contributed by atoms with Crippen molar-refractivity contribution in [1.29, 1.82) is 0 Å². The van der Waals surface area contributed by atoms with Gasteiger partial charge in [0.1, 0.15) is 12.4 Å². The van der Waals surface area contributed by atoms with Gasteiger partial charge in [0.2, 0.25) is 5.91 Å². The molecule has 1 aliphatic rings. The smallest absolute Gasteiger partial charge is 0.405 e. The van der Waals surface area contributed by atoms with Crippen molar-refractivity contribution in [3.63, 3.8) is 0 Å². The zero-order valence-corrected chi connectivity index (χ0v) is 20.4. The fraction of sp³-hybridized carbons (Fsp3) is 0.240. The number of likely N-dealkylation sites (tertiary alicyclic amines) is 1. The number of amides is 2. The fourth-order valence-electron chi connectivity index (χ4n) is 4.63. The van der Waals surface area contributed by atoms with Crippen molar-refractivity contribution in [2.45, 2.75) is 23.8 Å². The third kappa shape index (κ3) is 4.79. The molecule has 192 valence electrons. The maximum atomic E-state index is 14.2. The summed E-state index contributed by atoms with van der Waals surface area (Å²) in [6.07, 6.45) is 4.99. The molecule has 0 aliphatic carbocycles. The van der Waals surface area contributed by atoms with E-state index in [0.29, 0.717) is 42.4 Å². The summed E-state index contributed by atoms with van der Waals surface area (Å²) in [4.78, 5) is 24.5. The van der Waals surface area contributed by atoms with Crippen LogP contribution in [0.25, 0.3) is 22.0 Å². The number of halogens is 1. The molecule has 5 rings (SSSR count). The Kier molecular flexibility index (Phi) is 6.42. The lowest BCUT2D eigenvalue weighted by Gasteiger charge is -2.32. The molecule has 0 saturated carbocycles. The van der Waals surface area contributed by atoms with Gasteiger partial charge < -0.3 is 15.3 Å². The molecule has 12 heteroatoms. The number of carboxylic acid groups (broad SMARTS) is 1. The molecule has 0 unspecified atom stereocenters. The summed E-state index contributed by atoms with van der Waals surface area (Å²) >= 11 is 0. The van der Waals surface area contributed by atoms with Gasteiger partial charge in [-0.2, -0.15) is 5.10 Å². The van der Waals surface area contributed by atoms with Crippen LogP contribution in [0.2, 0.25) is 0 Å². The van der Waals surface area contributed by atoms with Crippen LogP contribution in [-0.4, -0.2) is 63.8 Å². The maximum Gasteiger partial charge on any atom is 0.405 e. The highest BCUT2D eigenvalue weighted by Gasteiger charge is 2.26. The molecule has 2 N–H and O–H groups in total. The topological polar surface area (TPSA) is 127 Å². The lowest BCUT2D eigenvalue weighted by molar-refractivity contribution is -0.131. The minimum atomic E-state index is -3.96. The van der Waals surface area contributed by atoms with E-state index in [1.165, 1.54) is 30.5 Å². The molecule has 0 spiro atoms. The lowest BCUT2D eigenvalue weighted by atomic mass is 10.0. The van der Waals surface area contributed by atoms with Gasteiger partial charge in [-0.25, -0.2) is 21.6 Å². The van der Waals surface area contributed by atoms with E-state index in [1.54, 1.807) is 40.0 Å². The molecule has 10 nitrogen and oxygen atoms in total. The number of carbonyl (C=O) groups is 2.